The molecule has 0 fully saturated rings. The third-order valence-electron chi connectivity index (χ3n) is 2.01. The molecule has 0 aliphatic rings. The Bertz CT molecular complexity index is 374. The number of carbonyl (C=O) groups is 2. The second-order valence-electron chi connectivity index (χ2n) is 3.60. The van der Waals surface area contributed by atoms with Gasteiger partial charge in [-0.15, -0.1) is 0 Å². The Morgan fingerprint density at radius 3 is 2.53 bits per heavy atom. The zero-order valence-electron chi connectivity index (χ0n) is 8.52. The minimum Gasteiger partial charge on any atom is -0.480 e. The van der Waals surface area contributed by atoms with Gasteiger partial charge in [0.05, 0.1) is 0 Å². The highest BCUT2D eigenvalue weighted by molar-refractivity contribution is 6.07. The zero-order valence-corrected chi connectivity index (χ0v) is 8.52. The molecular weight excluding hydrogens is 196 g/mol. The molecule has 0 aliphatic heterocycles. The molecule has 80 valence electrons. The summed E-state index contributed by atoms with van der Waals surface area (Å²) >= 11 is 0. The summed E-state index contributed by atoms with van der Waals surface area (Å²) in [6.45, 7) is 2.68. The monoisotopic (exact) mass is 208 g/mol. The highest BCUT2D eigenvalue weighted by Crippen LogP contribution is 2.17. The van der Waals surface area contributed by atoms with Crippen molar-refractivity contribution in [1.29, 1.82) is 0 Å². The van der Waals surface area contributed by atoms with E-state index in [4.69, 9.17) is 5.11 Å². The van der Waals surface area contributed by atoms with Crippen LogP contribution in [0, 0.1) is 5.41 Å². The Kier molecular flexibility index (Phi) is 3.04. The fourth-order valence-corrected chi connectivity index (χ4v) is 0.806. The van der Waals surface area contributed by atoms with Crippen LogP contribution in [0.15, 0.2) is 24.4 Å². The summed E-state index contributed by atoms with van der Waals surface area (Å²) in [5.74, 6) is -1.42. The van der Waals surface area contributed by atoms with Crippen LogP contribution < -0.4 is 5.32 Å². The average molecular weight is 208 g/mol. The quantitative estimate of drug-likeness (QED) is 0.730. The van der Waals surface area contributed by atoms with E-state index in [2.05, 4.69) is 10.3 Å². The number of aliphatic carboxylic acids is 1. The van der Waals surface area contributed by atoms with Crippen LogP contribution in [-0.2, 0) is 9.59 Å². The van der Waals surface area contributed by atoms with E-state index in [0.29, 0.717) is 5.82 Å². The molecule has 0 atom stereocenters. The minimum atomic E-state index is -1.46. The van der Waals surface area contributed by atoms with E-state index >= 15 is 0 Å². The molecular formula is C10H12N2O3. The van der Waals surface area contributed by atoms with Crippen molar-refractivity contribution in [2.75, 3.05) is 5.32 Å². The summed E-state index contributed by atoms with van der Waals surface area (Å²) < 4.78 is 0. The lowest BCUT2D eigenvalue weighted by Gasteiger charge is -2.17. The van der Waals surface area contributed by atoms with Gasteiger partial charge in [-0.1, -0.05) is 6.07 Å². The second-order valence-corrected chi connectivity index (χ2v) is 3.60. The maximum Gasteiger partial charge on any atom is 0.318 e. The Hall–Kier alpha value is -1.91. The van der Waals surface area contributed by atoms with Gasteiger partial charge in [0.25, 0.3) is 0 Å². The van der Waals surface area contributed by atoms with Crippen LogP contribution in [-0.4, -0.2) is 22.0 Å². The van der Waals surface area contributed by atoms with Crippen molar-refractivity contribution in [3.63, 3.8) is 0 Å². The molecule has 5 heteroatoms. The zero-order chi connectivity index (χ0) is 11.5. The lowest BCUT2D eigenvalue weighted by atomic mass is 9.93. The highest BCUT2D eigenvalue weighted by atomic mass is 16.4. The third-order valence-corrected chi connectivity index (χ3v) is 2.01. The summed E-state index contributed by atoms with van der Waals surface area (Å²) in [6.07, 6.45) is 1.52. The maximum atomic E-state index is 11.5. The van der Waals surface area contributed by atoms with Crippen LogP contribution in [0.5, 0.6) is 0 Å². The Morgan fingerprint density at radius 2 is 2.07 bits per heavy atom. The van der Waals surface area contributed by atoms with E-state index in [0.717, 1.165) is 0 Å². The fraction of sp³-hybridized carbons (Fsp3) is 0.300. The van der Waals surface area contributed by atoms with Crippen molar-refractivity contribution in [2.45, 2.75) is 13.8 Å². The van der Waals surface area contributed by atoms with Gasteiger partial charge >= 0.3 is 5.97 Å². The Labute approximate surface area is 87.1 Å². The molecule has 1 aromatic rings. The molecule has 1 rings (SSSR count). The van der Waals surface area contributed by atoms with Gasteiger partial charge in [-0.25, -0.2) is 4.98 Å². The molecule has 0 spiro atoms. The van der Waals surface area contributed by atoms with Gasteiger partial charge in [0.1, 0.15) is 11.2 Å². The van der Waals surface area contributed by atoms with Gasteiger partial charge in [0, 0.05) is 6.20 Å². The van der Waals surface area contributed by atoms with Crippen molar-refractivity contribution in [1.82, 2.24) is 4.98 Å². The number of nitrogens with one attached hydrogen (secondary N) is 1. The predicted octanol–water partition coefficient (Wildman–Crippen LogP) is 1.13. The van der Waals surface area contributed by atoms with E-state index in [-0.39, 0.29) is 0 Å². The smallest absolute Gasteiger partial charge is 0.318 e. The van der Waals surface area contributed by atoms with Crippen molar-refractivity contribution < 1.29 is 14.7 Å². The summed E-state index contributed by atoms with van der Waals surface area (Å²) in [4.78, 5) is 26.2. The Morgan fingerprint density at radius 1 is 1.40 bits per heavy atom. The normalized spacial score (nSPS) is 10.8. The van der Waals surface area contributed by atoms with E-state index in [1.54, 1.807) is 18.2 Å². The fourth-order valence-electron chi connectivity index (χ4n) is 0.806. The van der Waals surface area contributed by atoms with Gasteiger partial charge in [-0.3, -0.25) is 9.59 Å². The van der Waals surface area contributed by atoms with Crippen molar-refractivity contribution >= 4 is 17.7 Å². The van der Waals surface area contributed by atoms with E-state index in [1.165, 1.54) is 20.0 Å². The van der Waals surface area contributed by atoms with Crippen molar-refractivity contribution in [3.05, 3.63) is 24.4 Å². The number of hydrogen-bond donors (Lipinski definition) is 2. The standard InChI is InChI=1S/C10H12N2O3/c1-10(2,9(14)15)8(13)12-7-5-3-4-6-11-7/h3-6H,1-2H3,(H,14,15)(H,11,12,13). The number of carboxylic acid groups (broad SMARTS) is 1. The van der Waals surface area contributed by atoms with Gasteiger partial charge in [0.2, 0.25) is 5.91 Å². The van der Waals surface area contributed by atoms with Crippen LogP contribution in [0.4, 0.5) is 5.82 Å². The van der Waals surface area contributed by atoms with Gasteiger partial charge < -0.3 is 10.4 Å². The number of carboxylic acids is 1. The average Bonchev–Trinajstić information content (AvgIpc) is 2.18. The number of rotatable bonds is 3. The molecule has 2 N–H and O–H groups in total. The van der Waals surface area contributed by atoms with E-state index in [1.807, 2.05) is 0 Å². The van der Waals surface area contributed by atoms with E-state index < -0.39 is 17.3 Å². The topological polar surface area (TPSA) is 79.3 Å². The number of carbonyl (C=O) groups excluding carboxylic acids is 1. The van der Waals surface area contributed by atoms with E-state index in [9.17, 15) is 9.59 Å². The van der Waals surface area contributed by atoms with Crippen LogP contribution in [0.3, 0.4) is 0 Å². The third kappa shape index (κ3) is 2.52. The molecule has 0 saturated heterocycles. The van der Waals surface area contributed by atoms with Crippen LogP contribution >= 0.6 is 0 Å². The number of pyridine rings is 1. The summed E-state index contributed by atoms with van der Waals surface area (Å²) in [5, 5.41) is 11.2. The Balaban J connectivity index is 2.77. The molecule has 15 heavy (non-hydrogen) atoms. The maximum absolute atomic E-state index is 11.5. The molecule has 0 bridgehead atoms. The first-order chi connectivity index (χ1) is 6.94. The highest BCUT2D eigenvalue weighted by Gasteiger charge is 2.36. The van der Waals surface area contributed by atoms with Crippen molar-refractivity contribution in [2.24, 2.45) is 5.41 Å². The first-order valence-electron chi connectivity index (χ1n) is 4.40. The number of amides is 1. The summed E-state index contributed by atoms with van der Waals surface area (Å²) in [5.41, 5.74) is -1.46. The molecule has 0 aliphatic carbocycles. The van der Waals surface area contributed by atoms with Crippen LogP contribution in [0.25, 0.3) is 0 Å². The first-order valence-corrected chi connectivity index (χ1v) is 4.40. The minimum absolute atomic E-state index is 0.344. The lowest BCUT2D eigenvalue weighted by molar-refractivity contribution is -0.151. The number of anilines is 1. The van der Waals surface area contributed by atoms with Gasteiger partial charge in [0.15, 0.2) is 0 Å². The molecule has 1 amide bonds. The first kappa shape index (κ1) is 11.2. The number of hydrogen-bond acceptors (Lipinski definition) is 3. The molecule has 0 saturated carbocycles. The number of nitrogens with zero attached hydrogens (tertiary/aromatic N) is 1. The summed E-state index contributed by atoms with van der Waals surface area (Å²) in [6, 6.07) is 5.00. The molecule has 5 nitrogen and oxygen atoms in total. The second kappa shape index (κ2) is 4.08. The largest absolute Gasteiger partial charge is 0.480 e. The van der Waals surface area contributed by atoms with Crippen LogP contribution in [0.1, 0.15) is 13.8 Å². The molecule has 1 aromatic heterocycles. The van der Waals surface area contributed by atoms with Gasteiger partial charge in [-0.05, 0) is 26.0 Å². The van der Waals surface area contributed by atoms with Gasteiger partial charge in [-0.2, -0.15) is 0 Å². The molecule has 0 radical (unpaired) electrons. The molecule has 0 aromatic carbocycles. The molecule has 0 unspecified atom stereocenters. The lowest BCUT2D eigenvalue weighted by Crippen LogP contribution is -2.38. The predicted molar refractivity (Wildman–Crippen MR) is 54.3 cm³/mol. The van der Waals surface area contributed by atoms with Crippen molar-refractivity contribution in [3.8, 4) is 0 Å². The summed E-state index contributed by atoms with van der Waals surface area (Å²) in [7, 11) is 0. The SMILES string of the molecule is CC(C)(C(=O)O)C(=O)Nc1ccccn1. The molecule has 1 heterocycles. The number of aromatic nitrogens is 1. The van der Waals surface area contributed by atoms with Crippen LogP contribution in [0.2, 0.25) is 0 Å².